The number of nitrogens with zero attached hydrogens (tertiary/aromatic N) is 4. The minimum Gasteiger partial charge on any atom is -0.396 e. The number of benzene rings is 1. The number of pyridine rings is 2. The maximum Gasteiger partial charge on any atom is 0.251 e. The van der Waals surface area contributed by atoms with Gasteiger partial charge in [0.2, 0.25) is 0 Å². The minimum absolute atomic E-state index is 0.0299. The highest BCUT2D eigenvalue weighted by Crippen LogP contribution is 2.30. The summed E-state index contributed by atoms with van der Waals surface area (Å²) in [6.45, 7) is 7.26. The topological polar surface area (TPSA) is 105 Å². The van der Waals surface area contributed by atoms with Crippen molar-refractivity contribution in [1.29, 1.82) is 0 Å². The third kappa shape index (κ3) is 4.26. The number of H-pyrrole nitrogens is 1. The normalized spacial score (nSPS) is 14.4. The van der Waals surface area contributed by atoms with E-state index in [9.17, 15) is 9.18 Å². The Morgan fingerprint density at radius 1 is 1.18 bits per heavy atom. The molecule has 0 unspecified atom stereocenters. The molecule has 1 aromatic carbocycles. The maximum absolute atomic E-state index is 14.9. The lowest BCUT2D eigenvalue weighted by Gasteiger charge is -2.23. The van der Waals surface area contributed by atoms with Gasteiger partial charge in [0.15, 0.2) is 5.82 Å². The van der Waals surface area contributed by atoms with Crippen LogP contribution in [0.4, 0.5) is 21.7 Å². The molecule has 0 fully saturated rings. The van der Waals surface area contributed by atoms with Gasteiger partial charge in [0.1, 0.15) is 11.6 Å². The van der Waals surface area contributed by atoms with Crippen molar-refractivity contribution in [2.45, 2.75) is 39.3 Å². The van der Waals surface area contributed by atoms with Gasteiger partial charge in [-0.05, 0) is 43.0 Å². The molecule has 0 radical (unpaired) electrons. The van der Waals surface area contributed by atoms with Gasteiger partial charge >= 0.3 is 0 Å². The fourth-order valence-corrected chi connectivity index (χ4v) is 4.51. The van der Waals surface area contributed by atoms with E-state index in [4.69, 9.17) is 10.8 Å². The molecule has 0 aliphatic carbocycles. The molecule has 0 spiro atoms. The summed E-state index contributed by atoms with van der Waals surface area (Å²) in [6, 6.07) is 9.53. The molecule has 0 atom stereocenters. The van der Waals surface area contributed by atoms with Crippen molar-refractivity contribution < 1.29 is 4.39 Å². The second-order valence-electron chi connectivity index (χ2n) is 9.00. The van der Waals surface area contributed by atoms with Crippen LogP contribution in [0.5, 0.6) is 0 Å². The summed E-state index contributed by atoms with van der Waals surface area (Å²) in [6.07, 6.45) is 4.21. The first kappa shape index (κ1) is 22.1. The first-order valence-corrected chi connectivity index (χ1v) is 11.5. The number of halogens is 1. The Bertz CT molecular complexity index is 1380. The average molecular weight is 462 g/mol. The molecule has 3 aromatic heterocycles. The molecule has 176 valence electrons. The molecule has 1 aliphatic rings. The monoisotopic (exact) mass is 461 g/mol. The van der Waals surface area contributed by atoms with Crippen molar-refractivity contribution >= 4 is 28.1 Å². The van der Waals surface area contributed by atoms with E-state index in [1.54, 1.807) is 30.6 Å². The molecule has 0 amide bonds. The van der Waals surface area contributed by atoms with Crippen LogP contribution in [0, 0.1) is 5.82 Å². The standard InChI is InChI=1S/C25H28FN7O/c1-15(2)32-7-5-19-13-22(31-33(19)9-8-32)30-21-12-17-11-18(10-16-4-3-6-28-25(16)34)23(26)24(27)20(17)14-29-21/h3-4,6,11-15H,5,7-10,27H2,1-2H3,(H,28,34)(H,29,30,31). The summed E-state index contributed by atoms with van der Waals surface area (Å²) < 4.78 is 17.0. The van der Waals surface area contributed by atoms with Crippen molar-refractivity contribution in [3.05, 3.63) is 75.7 Å². The van der Waals surface area contributed by atoms with E-state index in [0.29, 0.717) is 28.4 Å². The molecule has 4 N–H and O–H groups in total. The van der Waals surface area contributed by atoms with Crippen molar-refractivity contribution in [3.8, 4) is 0 Å². The van der Waals surface area contributed by atoms with Crippen LogP contribution in [0.25, 0.3) is 10.8 Å². The van der Waals surface area contributed by atoms with Crippen LogP contribution in [0.15, 0.2) is 47.5 Å². The van der Waals surface area contributed by atoms with E-state index in [0.717, 1.165) is 37.3 Å². The Kier molecular flexibility index (Phi) is 5.79. The lowest BCUT2D eigenvalue weighted by atomic mass is 10.0. The van der Waals surface area contributed by atoms with Gasteiger partial charge in [-0.25, -0.2) is 9.37 Å². The summed E-state index contributed by atoms with van der Waals surface area (Å²) in [5, 5.41) is 9.26. The fourth-order valence-electron chi connectivity index (χ4n) is 4.51. The van der Waals surface area contributed by atoms with Crippen LogP contribution in [-0.2, 0) is 19.4 Å². The number of hydrogen-bond donors (Lipinski definition) is 3. The van der Waals surface area contributed by atoms with Gasteiger partial charge in [0.25, 0.3) is 5.56 Å². The zero-order valence-electron chi connectivity index (χ0n) is 19.3. The number of nitrogen functional groups attached to an aromatic ring is 1. The molecule has 5 rings (SSSR count). The molecule has 9 heteroatoms. The zero-order chi connectivity index (χ0) is 23.8. The predicted octanol–water partition coefficient (Wildman–Crippen LogP) is 3.44. The number of aromatic amines is 1. The molecule has 1 aliphatic heterocycles. The number of nitrogens with one attached hydrogen (secondary N) is 2. The first-order valence-electron chi connectivity index (χ1n) is 11.5. The lowest BCUT2D eigenvalue weighted by Crippen LogP contribution is -2.33. The molecule has 0 saturated carbocycles. The maximum atomic E-state index is 14.9. The van der Waals surface area contributed by atoms with Gasteiger partial charge < -0.3 is 16.0 Å². The van der Waals surface area contributed by atoms with E-state index >= 15 is 0 Å². The van der Waals surface area contributed by atoms with Gasteiger partial charge in [0.05, 0.1) is 12.2 Å². The van der Waals surface area contributed by atoms with Crippen LogP contribution >= 0.6 is 0 Å². The molecule has 8 nitrogen and oxygen atoms in total. The van der Waals surface area contributed by atoms with E-state index in [1.165, 1.54) is 5.69 Å². The number of nitrogens with two attached hydrogens (primary N) is 1. The van der Waals surface area contributed by atoms with Crippen molar-refractivity contribution in [2.24, 2.45) is 0 Å². The van der Waals surface area contributed by atoms with Gasteiger partial charge in [-0.3, -0.25) is 14.4 Å². The summed E-state index contributed by atoms with van der Waals surface area (Å²) >= 11 is 0. The smallest absolute Gasteiger partial charge is 0.251 e. The van der Waals surface area contributed by atoms with Crippen molar-refractivity contribution in [2.75, 3.05) is 24.1 Å². The van der Waals surface area contributed by atoms with Crippen molar-refractivity contribution in [3.63, 3.8) is 0 Å². The zero-order valence-corrected chi connectivity index (χ0v) is 19.3. The SMILES string of the molecule is CC(C)N1CCc2cc(Nc3cc4cc(Cc5ccc[nH]c5=O)c(F)c(N)c4cn3)nn2CC1. The Morgan fingerprint density at radius 2 is 2.03 bits per heavy atom. The quantitative estimate of drug-likeness (QED) is 0.393. The Morgan fingerprint density at radius 3 is 2.82 bits per heavy atom. The number of aromatic nitrogens is 4. The number of rotatable bonds is 5. The third-order valence-corrected chi connectivity index (χ3v) is 6.46. The minimum atomic E-state index is -0.522. The number of fused-ring (bicyclic) bond motifs is 2. The summed E-state index contributed by atoms with van der Waals surface area (Å²) in [5.41, 5.74) is 7.90. The van der Waals surface area contributed by atoms with Crippen LogP contribution in [0.2, 0.25) is 0 Å². The average Bonchev–Trinajstić information content (AvgIpc) is 3.08. The van der Waals surface area contributed by atoms with E-state index in [-0.39, 0.29) is 17.7 Å². The summed E-state index contributed by atoms with van der Waals surface area (Å²) in [5.74, 6) is 0.802. The van der Waals surface area contributed by atoms with Gasteiger partial charge in [-0.2, -0.15) is 5.10 Å². The second-order valence-corrected chi connectivity index (χ2v) is 9.00. The molecule has 0 saturated heterocycles. The highest BCUT2D eigenvalue weighted by molar-refractivity contribution is 5.94. The van der Waals surface area contributed by atoms with Crippen LogP contribution in [0.3, 0.4) is 0 Å². The fraction of sp³-hybridized carbons (Fsp3) is 0.320. The van der Waals surface area contributed by atoms with E-state index in [1.807, 2.05) is 6.07 Å². The van der Waals surface area contributed by atoms with Crippen LogP contribution in [0.1, 0.15) is 30.7 Å². The summed E-state index contributed by atoms with van der Waals surface area (Å²) in [4.78, 5) is 21.6. The third-order valence-electron chi connectivity index (χ3n) is 6.46. The molecule has 4 heterocycles. The summed E-state index contributed by atoms with van der Waals surface area (Å²) in [7, 11) is 0. The molecule has 34 heavy (non-hydrogen) atoms. The molecule has 4 aromatic rings. The second kappa shape index (κ2) is 8.90. The highest BCUT2D eigenvalue weighted by atomic mass is 19.1. The Hall–Kier alpha value is -3.72. The van der Waals surface area contributed by atoms with Gasteiger partial charge in [-0.15, -0.1) is 0 Å². The first-order chi connectivity index (χ1) is 16.4. The van der Waals surface area contributed by atoms with E-state index in [2.05, 4.69) is 44.8 Å². The number of hydrogen-bond acceptors (Lipinski definition) is 6. The van der Waals surface area contributed by atoms with E-state index < -0.39 is 5.82 Å². The van der Waals surface area contributed by atoms with Crippen LogP contribution in [-0.4, -0.2) is 43.8 Å². The van der Waals surface area contributed by atoms with Gasteiger partial charge in [-0.1, -0.05) is 6.07 Å². The number of anilines is 3. The molecule has 0 bridgehead atoms. The largest absolute Gasteiger partial charge is 0.396 e. The van der Waals surface area contributed by atoms with Crippen LogP contribution < -0.4 is 16.6 Å². The molecular formula is C25H28FN7O. The Balaban J connectivity index is 1.41. The highest BCUT2D eigenvalue weighted by Gasteiger charge is 2.18. The Labute approximate surface area is 196 Å². The lowest BCUT2D eigenvalue weighted by molar-refractivity contribution is 0.225. The molecular weight excluding hydrogens is 433 g/mol. The van der Waals surface area contributed by atoms with Crippen molar-refractivity contribution in [1.82, 2.24) is 24.6 Å². The predicted molar refractivity (Wildman–Crippen MR) is 132 cm³/mol. The van der Waals surface area contributed by atoms with Gasteiger partial charge in [0, 0.05) is 67.1 Å².